The van der Waals surface area contributed by atoms with E-state index in [2.05, 4.69) is 5.32 Å². The Labute approximate surface area is 114 Å². The predicted octanol–water partition coefficient (Wildman–Crippen LogP) is 2.77. The first-order valence-electron chi connectivity index (χ1n) is 5.40. The molecule has 1 aromatic rings. The molecule has 5 nitrogen and oxygen atoms in total. The number of nitro benzene ring substituents is 1. The Morgan fingerprint density at radius 2 is 2.29 bits per heavy atom. The lowest BCUT2D eigenvalue weighted by Crippen LogP contribution is -2.19. The highest BCUT2D eigenvalue weighted by Gasteiger charge is 2.14. The van der Waals surface area contributed by atoms with Gasteiger partial charge in [0.15, 0.2) is 0 Å². The summed E-state index contributed by atoms with van der Waals surface area (Å²) >= 11 is 2.03. The first kappa shape index (κ1) is 14.2. The number of benzene rings is 1. The number of aliphatic hydroxyl groups excluding tert-OH is 1. The van der Waals surface area contributed by atoms with Gasteiger partial charge in [-0.25, -0.2) is 0 Å². The molecule has 0 amide bonds. The van der Waals surface area contributed by atoms with Crippen LogP contribution >= 0.6 is 22.6 Å². The van der Waals surface area contributed by atoms with Gasteiger partial charge in [0.25, 0.3) is 5.69 Å². The highest BCUT2D eigenvalue weighted by Crippen LogP contribution is 2.26. The van der Waals surface area contributed by atoms with Gasteiger partial charge in [-0.3, -0.25) is 10.1 Å². The Balaban J connectivity index is 2.73. The predicted molar refractivity (Wildman–Crippen MR) is 75.2 cm³/mol. The van der Waals surface area contributed by atoms with Crippen LogP contribution in [0.4, 0.5) is 11.4 Å². The number of nitrogens with one attached hydrogen (secondary N) is 1. The van der Waals surface area contributed by atoms with Gasteiger partial charge in [0.2, 0.25) is 0 Å². The third-order valence-electron chi connectivity index (χ3n) is 2.31. The topological polar surface area (TPSA) is 75.4 Å². The highest BCUT2D eigenvalue weighted by molar-refractivity contribution is 14.1. The molecule has 0 aliphatic carbocycles. The summed E-state index contributed by atoms with van der Waals surface area (Å²) in [5.74, 6) is 0. The normalized spacial score (nSPS) is 12.2. The van der Waals surface area contributed by atoms with E-state index in [9.17, 15) is 15.2 Å². The minimum atomic E-state index is -0.473. The first-order chi connectivity index (χ1) is 8.04. The Hall–Kier alpha value is -0.890. The van der Waals surface area contributed by atoms with Gasteiger partial charge in [-0.2, -0.15) is 0 Å². The molecule has 0 saturated heterocycles. The van der Waals surface area contributed by atoms with Crippen LogP contribution in [0.5, 0.6) is 0 Å². The summed E-state index contributed by atoms with van der Waals surface area (Å²) in [6, 6.07) is 4.97. The van der Waals surface area contributed by atoms with Gasteiger partial charge in [0, 0.05) is 16.2 Å². The SMILES string of the molecule is CCCC(O)CNc1ccc(I)cc1[N+](=O)[O-]. The summed E-state index contributed by atoms with van der Waals surface area (Å²) in [6.07, 6.45) is 1.10. The Kier molecular flexibility index (Phi) is 5.63. The van der Waals surface area contributed by atoms with E-state index in [1.807, 2.05) is 29.5 Å². The van der Waals surface area contributed by atoms with Crippen molar-refractivity contribution in [2.75, 3.05) is 11.9 Å². The molecular formula is C11H15IN2O3. The largest absolute Gasteiger partial charge is 0.391 e. The number of aliphatic hydroxyl groups is 1. The molecule has 0 bridgehead atoms. The van der Waals surface area contributed by atoms with Crippen LogP contribution in [0.3, 0.4) is 0 Å². The van der Waals surface area contributed by atoms with Crippen LogP contribution < -0.4 is 5.32 Å². The molecular weight excluding hydrogens is 335 g/mol. The van der Waals surface area contributed by atoms with E-state index in [0.29, 0.717) is 18.7 Å². The number of nitrogens with zero attached hydrogens (tertiary/aromatic N) is 1. The van der Waals surface area contributed by atoms with Crippen molar-refractivity contribution in [3.63, 3.8) is 0 Å². The number of hydrogen-bond donors (Lipinski definition) is 2. The summed E-state index contributed by atoms with van der Waals surface area (Å²) in [5.41, 5.74) is 0.492. The van der Waals surface area contributed by atoms with E-state index in [1.165, 1.54) is 6.07 Å². The zero-order chi connectivity index (χ0) is 12.8. The maximum Gasteiger partial charge on any atom is 0.293 e. The quantitative estimate of drug-likeness (QED) is 0.470. The number of hydrogen-bond acceptors (Lipinski definition) is 4. The average molecular weight is 350 g/mol. The highest BCUT2D eigenvalue weighted by atomic mass is 127. The van der Waals surface area contributed by atoms with Gasteiger partial charge in [-0.15, -0.1) is 0 Å². The van der Waals surface area contributed by atoms with Crippen molar-refractivity contribution in [3.05, 3.63) is 31.9 Å². The van der Waals surface area contributed by atoms with Crippen molar-refractivity contribution in [1.29, 1.82) is 0 Å². The molecule has 0 heterocycles. The van der Waals surface area contributed by atoms with Crippen molar-refractivity contribution in [1.82, 2.24) is 0 Å². The lowest BCUT2D eigenvalue weighted by atomic mass is 10.2. The molecule has 0 spiro atoms. The van der Waals surface area contributed by atoms with E-state index in [-0.39, 0.29) is 5.69 Å². The first-order valence-corrected chi connectivity index (χ1v) is 6.48. The van der Waals surface area contributed by atoms with E-state index >= 15 is 0 Å². The van der Waals surface area contributed by atoms with E-state index in [4.69, 9.17) is 0 Å². The Bertz CT molecular complexity index is 398. The zero-order valence-electron chi connectivity index (χ0n) is 9.52. The Morgan fingerprint density at radius 3 is 2.88 bits per heavy atom. The van der Waals surface area contributed by atoms with Crippen molar-refractivity contribution in [2.45, 2.75) is 25.9 Å². The molecule has 0 aliphatic rings. The molecule has 0 saturated carbocycles. The van der Waals surface area contributed by atoms with E-state index in [0.717, 1.165) is 9.99 Å². The molecule has 6 heteroatoms. The van der Waals surface area contributed by atoms with Crippen LogP contribution in [0, 0.1) is 13.7 Å². The van der Waals surface area contributed by atoms with Gasteiger partial charge in [0.05, 0.1) is 11.0 Å². The fraction of sp³-hybridized carbons (Fsp3) is 0.455. The average Bonchev–Trinajstić information content (AvgIpc) is 2.27. The monoisotopic (exact) mass is 350 g/mol. The molecule has 0 radical (unpaired) electrons. The van der Waals surface area contributed by atoms with Crippen molar-refractivity contribution in [2.24, 2.45) is 0 Å². The smallest absolute Gasteiger partial charge is 0.293 e. The Morgan fingerprint density at radius 1 is 1.59 bits per heavy atom. The lowest BCUT2D eigenvalue weighted by Gasteiger charge is -2.12. The van der Waals surface area contributed by atoms with E-state index in [1.54, 1.807) is 12.1 Å². The fourth-order valence-electron chi connectivity index (χ4n) is 1.47. The number of anilines is 1. The third kappa shape index (κ3) is 4.47. The maximum atomic E-state index is 10.8. The van der Waals surface area contributed by atoms with Crippen molar-refractivity contribution in [3.8, 4) is 0 Å². The van der Waals surface area contributed by atoms with Crippen LogP contribution in [-0.4, -0.2) is 22.7 Å². The van der Waals surface area contributed by atoms with Gasteiger partial charge in [-0.05, 0) is 41.1 Å². The van der Waals surface area contributed by atoms with Crippen LogP contribution in [0.15, 0.2) is 18.2 Å². The molecule has 2 N–H and O–H groups in total. The second-order valence-corrected chi connectivity index (χ2v) is 4.99. The van der Waals surface area contributed by atoms with Crippen LogP contribution in [0.25, 0.3) is 0 Å². The molecule has 0 aliphatic heterocycles. The third-order valence-corrected chi connectivity index (χ3v) is 2.98. The molecule has 1 atom stereocenters. The second kappa shape index (κ2) is 6.75. The summed E-state index contributed by atoms with van der Waals surface area (Å²) < 4.78 is 0.814. The number of nitro groups is 1. The van der Waals surface area contributed by atoms with E-state index < -0.39 is 11.0 Å². The van der Waals surface area contributed by atoms with Crippen LogP contribution in [0.1, 0.15) is 19.8 Å². The van der Waals surface area contributed by atoms with Crippen LogP contribution in [-0.2, 0) is 0 Å². The molecule has 1 rings (SSSR count). The van der Waals surface area contributed by atoms with Gasteiger partial charge >= 0.3 is 0 Å². The number of rotatable bonds is 6. The van der Waals surface area contributed by atoms with Crippen molar-refractivity contribution >= 4 is 34.0 Å². The molecule has 17 heavy (non-hydrogen) atoms. The number of halogens is 1. The summed E-state index contributed by atoms with van der Waals surface area (Å²) in [4.78, 5) is 10.4. The van der Waals surface area contributed by atoms with Crippen LogP contribution in [0.2, 0.25) is 0 Å². The van der Waals surface area contributed by atoms with Gasteiger partial charge in [0.1, 0.15) is 5.69 Å². The summed E-state index contributed by atoms with van der Waals surface area (Å²) in [6.45, 7) is 2.31. The summed E-state index contributed by atoms with van der Waals surface area (Å²) in [7, 11) is 0. The standard InChI is InChI=1S/C11H15IN2O3/c1-2-3-9(15)7-13-10-5-4-8(12)6-11(10)14(16)17/h4-6,9,13,15H,2-3,7H2,1H3. The molecule has 0 fully saturated rings. The van der Waals surface area contributed by atoms with Gasteiger partial charge < -0.3 is 10.4 Å². The zero-order valence-corrected chi connectivity index (χ0v) is 11.7. The molecule has 0 aromatic heterocycles. The summed E-state index contributed by atoms with van der Waals surface area (Å²) in [5, 5.41) is 23.3. The molecule has 1 aromatic carbocycles. The minimum absolute atomic E-state index is 0.0422. The van der Waals surface area contributed by atoms with Gasteiger partial charge in [-0.1, -0.05) is 13.3 Å². The lowest BCUT2D eigenvalue weighted by molar-refractivity contribution is -0.384. The molecule has 1 unspecified atom stereocenters. The maximum absolute atomic E-state index is 10.8. The molecule has 94 valence electrons. The second-order valence-electron chi connectivity index (χ2n) is 3.74. The minimum Gasteiger partial charge on any atom is -0.391 e. The van der Waals surface area contributed by atoms with Crippen molar-refractivity contribution < 1.29 is 10.0 Å². The fourth-order valence-corrected chi connectivity index (χ4v) is 1.94.